The maximum atomic E-state index is 10.6. The zero-order valence-electron chi connectivity index (χ0n) is 7.96. The number of nitrogens with one attached hydrogen (secondary N) is 1. The number of hydrogen-bond acceptors (Lipinski definition) is 3. The maximum Gasteiger partial charge on any atom is 0.221 e. The highest BCUT2D eigenvalue weighted by Crippen LogP contribution is 1.92. The third kappa shape index (κ3) is 6.12. The smallest absolute Gasteiger partial charge is 0.221 e. The van der Waals surface area contributed by atoms with Crippen molar-refractivity contribution in [3.63, 3.8) is 0 Å². The first-order valence-corrected chi connectivity index (χ1v) is 4.18. The topological polar surface area (TPSA) is 64.3 Å². The van der Waals surface area contributed by atoms with Crippen molar-refractivity contribution >= 4 is 5.91 Å². The van der Waals surface area contributed by atoms with Crippen LogP contribution < -0.4 is 11.2 Å². The number of amides is 1. The number of carbonyl (C=O) groups excluding carboxylic acids is 1. The van der Waals surface area contributed by atoms with E-state index in [1.54, 1.807) is 6.92 Å². The lowest BCUT2D eigenvalue weighted by molar-refractivity contribution is -0.122. The fourth-order valence-electron chi connectivity index (χ4n) is 0.510. The largest absolute Gasteiger partial charge is 0.369 e. The van der Waals surface area contributed by atoms with E-state index in [0.29, 0.717) is 19.1 Å². The van der Waals surface area contributed by atoms with Crippen molar-refractivity contribution in [2.45, 2.75) is 20.8 Å². The summed E-state index contributed by atoms with van der Waals surface area (Å²) in [6.45, 7) is 6.99. The average Bonchev–Trinajstić information content (AvgIpc) is 1.97. The number of hydroxylamine groups is 1. The first-order valence-electron chi connectivity index (χ1n) is 4.18. The van der Waals surface area contributed by atoms with Gasteiger partial charge < -0.3 is 10.6 Å². The van der Waals surface area contributed by atoms with Crippen molar-refractivity contribution in [1.29, 1.82) is 0 Å². The fourth-order valence-corrected chi connectivity index (χ4v) is 0.510. The maximum absolute atomic E-state index is 10.6. The summed E-state index contributed by atoms with van der Waals surface area (Å²) in [5.74, 6) is -0.00538. The zero-order valence-corrected chi connectivity index (χ0v) is 7.96. The van der Waals surface area contributed by atoms with Crippen molar-refractivity contribution in [1.82, 2.24) is 5.48 Å². The Balaban J connectivity index is 3.25. The molecule has 0 aliphatic heterocycles. The van der Waals surface area contributed by atoms with Gasteiger partial charge in [-0.25, -0.2) is 5.48 Å². The molecule has 0 saturated carbocycles. The molecule has 3 N–H and O–H groups in total. The van der Waals surface area contributed by atoms with Crippen LogP contribution in [-0.4, -0.2) is 19.1 Å². The normalized spacial score (nSPS) is 13.3. The van der Waals surface area contributed by atoms with Crippen LogP contribution in [0.5, 0.6) is 0 Å². The molecule has 0 radical (unpaired) electrons. The highest BCUT2D eigenvalue weighted by molar-refractivity contribution is 5.76. The van der Waals surface area contributed by atoms with Gasteiger partial charge in [0.2, 0.25) is 5.91 Å². The predicted octanol–water partition coefficient (Wildman–Crippen LogP) is 0.285. The van der Waals surface area contributed by atoms with Crippen LogP contribution in [0.15, 0.2) is 0 Å². The van der Waals surface area contributed by atoms with Gasteiger partial charge in [-0.3, -0.25) is 4.79 Å². The van der Waals surface area contributed by atoms with E-state index >= 15 is 0 Å². The molecule has 0 aromatic carbocycles. The van der Waals surface area contributed by atoms with E-state index in [1.165, 1.54) is 0 Å². The Hall–Kier alpha value is -0.610. The number of rotatable bonds is 6. The fraction of sp³-hybridized carbons (Fsp3) is 0.875. The van der Waals surface area contributed by atoms with Crippen molar-refractivity contribution in [3.8, 4) is 0 Å². The quantitative estimate of drug-likeness (QED) is 0.449. The minimum Gasteiger partial charge on any atom is -0.369 e. The molecule has 4 nitrogen and oxygen atoms in total. The summed E-state index contributed by atoms with van der Waals surface area (Å²) in [6.07, 6.45) is 0. The van der Waals surface area contributed by atoms with Gasteiger partial charge in [0.1, 0.15) is 0 Å². The molecule has 0 heterocycles. The Kier molecular flexibility index (Phi) is 5.66. The molecule has 0 spiro atoms. The molecule has 0 aliphatic rings. The number of primary amides is 1. The summed E-state index contributed by atoms with van der Waals surface area (Å²) in [5, 5.41) is 0. The Labute approximate surface area is 73.4 Å². The molecule has 0 aromatic heterocycles. The molecule has 72 valence electrons. The molecule has 0 bridgehead atoms. The van der Waals surface area contributed by atoms with Crippen LogP contribution in [-0.2, 0) is 9.63 Å². The van der Waals surface area contributed by atoms with Gasteiger partial charge >= 0.3 is 0 Å². The van der Waals surface area contributed by atoms with Crippen LogP contribution in [0.25, 0.3) is 0 Å². The van der Waals surface area contributed by atoms with Crippen LogP contribution in [0.4, 0.5) is 0 Å². The second kappa shape index (κ2) is 5.97. The van der Waals surface area contributed by atoms with Gasteiger partial charge in [-0.2, -0.15) is 0 Å². The first kappa shape index (κ1) is 11.4. The van der Waals surface area contributed by atoms with Crippen molar-refractivity contribution < 1.29 is 9.63 Å². The lowest BCUT2D eigenvalue weighted by Crippen LogP contribution is -2.31. The van der Waals surface area contributed by atoms with E-state index in [4.69, 9.17) is 10.6 Å². The van der Waals surface area contributed by atoms with Gasteiger partial charge in [-0.1, -0.05) is 20.8 Å². The second-order valence-corrected chi connectivity index (χ2v) is 3.36. The summed E-state index contributed by atoms with van der Waals surface area (Å²) < 4.78 is 0. The van der Waals surface area contributed by atoms with Gasteiger partial charge in [0.05, 0.1) is 6.61 Å². The molecule has 1 atom stereocenters. The van der Waals surface area contributed by atoms with Gasteiger partial charge in [0.15, 0.2) is 0 Å². The molecular weight excluding hydrogens is 156 g/mol. The zero-order chi connectivity index (χ0) is 9.56. The minimum atomic E-state index is -0.310. The Bertz CT molecular complexity index is 137. The molecule has 0 saturated heterocycles. The molecule has 0 rings (SSSR count). The first-order chi connectivity index (χ1) is 5.54. The van der Waals surface area contributed by atoms with E-state index in [9.17, 15) is 4.79 Å². The van der Waals surface area contributed by atoms with Crippen LogP contribution >= 0.6 is 0 Å². The van der Waals surface area contributed by atoms with Crippen molar-refractivity contribution in [2.24, 2.45) is 17.6 Å². The summed E-state index contributed by atoms with van der Waals surface area (Å²) >= 11 is 0. The summed E-state index contributed by atoms with van der Waals surface area (Å²) in [5.41, 5.74) is 7.74. The van der Waals surface area contributed by atoms with Crippen molar-refractivity contribution in [3.05, 3.63) is 0 Å². The van der Waals surface area contributed by atoms with Crippen LogP contribution in [0.2, 0.25) is 0 Å². The monoisotopic (exact) mass is 174 g/mol. The summed E-state index contributed by atoms with van der Waals surface area (Å²) in [4.78, 5) is 15.6. The SMILES string of the molecule is CC(C)CONCC(C)C(N)=O. The molecule has 0 aromatic rings. The van der Waals surface area contributed by atoms with Crippen LogP contribution in [0, 0.1) is 11.8 Å². The van der Waals surface area contributed by atoms with Crippen LogP contribution in [0.3, 0.4) is 0 Å². The Morgan fingerprint density at radius 3 is 2.50 bits per heavy atom. The van der Waals surface area contributed by atoms with E-state index in [2.05, 4.69) is 19.3 Å². The lowest BCUT2D eigenvalue weighted by atomic mass is 10.2. The van der Waals surface area contributed by atoms with Crippen molar-refractivity contribution in [2.75, 3.05) is 13.2 Å². The second-order valence-electron chi connectivity index (χ2n) is 3.36. The average molecular weight is 174 g/mol. The highest BCUT2D eigenvalue weighted by Gasteiger charge is 2.07. The lowest BCUT2D eigenvalue weighted by Gasteiger charge is -2.10. The van der Waals surface area contributed by atoms with Crippen LogP contribution in [0.1, 0.15) is 20.8 Å². The van der Waals surface area contributed by atoms with E-state index in [1.807, 2.05) is 0 Å². The molecule has 1 unspecified atom stereocenters. The molecule has 1 amide bonds. The Morgan fingerprint density at radius 1 is 1.50 bits per heavy atom. The van der Waals surface area contributed by atoms with Gasteiger partial charge in [0, 0.05) is 12.5 Å². The highest BCUT2D eigenvalue weighted by atomic mass is 16.6. The Morgan fingerprint density at radius 2 is 2.08 bits per heavy atom. The number of carbonyl (C=O) groups is 1. The number of nitrogens with two attached hydrogens (primary N) is 1. The predicted molar refractivity (Wildman–Crippen MR) is 47.2 cm³/mol. The molecule has 4 heteroatoms. The van der Waals surface area contributed by atoms with E-state index in [-0.39, 0.29) is 11.8 Å². The molecule has 0 fully saturated rings. The third-order valence-electron chi connectivity index (χ3n) is 1.39. The van der Waals surface area contributed by atoms with Gasteiger partial charge in [-0.05, 0) is 5.92 Å². The molecule has 0 aliphatic carbocycles. The van der Waals surface area contributed by atoms with E-state index in [0.717, 1.165) is 0 Å². The molecular formula is C8H18N2O2. The van der Waals surface area contributed by atoms with E-state index < -0.39 is 0 Å². The summed E-state index contributed by atoms with van der Waals surface area (Å²) in [7, 11) is 0. The number of hydrogen-bond donors (Lipinski definition) is 2. The van der Waals surface area contributed by atoms with Gasteiger partial charge in [-0.15, -0.1) is 0 Å². The third-order valence-corrected chi connectivity index (χ3v) is 1.39. The minimum absolute atomic E-state index is 0.183. The molecule has 12 heavy (non-hydrogen) atoms. The summed E-state index contributed by atoms with van der Waals surface area (Å²) in [6, 6.07) is 0. The van der Waals surface area contributed by atoms with Gasteiger partial charge in [0.25, 0.3) is 0 Å². The standard InChI is InChI=1S/C8H18N2O2/c1-6(2)5-12-10-4-7(3)8(9)11/h6-7,10H,4-5H2,1-3H3,(H2,9,11).